The van der Waals surface area contributed by atoms with E-state index >= 15 is 0 Å². The van der Waals surface area contributed by atoms with Gasteiger partial charge in [-0.2, -0.15) is 0 Å². The van der Waals surface area contributed by atoms with E-state index in [0.29, 0.717) is 0 Å². The molecule has 0 saturated heterocycles. The number of rotatable bonds is 8. The largest absolute Gasteiger partial charge is 0.348 e. The third-order valence-corrected chi connectivity index (χ3v) is 3.01. The molecule has 0 saturated carbocycles. The van der Waals surface area contributed by atoms with Crippen molar-refractivity contribution < 1.29 is 0 Å². The van der Waals surface area contributed by atoms with E-state index in [1.165, 1.54) is 31.2 Å². The van der Waals surface area contributed by atoms with Gasteiger partial charge in [0.2, 0.25) is 0 Å². The summed E-state index contributed by atoms with van der Waals surface area (Å²) in [7, 11) is 0. The van der Waals surface area contributed by atoms with Crippen molar-refractivity contribution in [1.82, 2.24) is 15.3 Å². The minimum Gasteiger partial charge on any atom is -0.348 e. The van der Waals surface area contributed by atoms with Gasteiger partial charge in [-0.3, -0.25) is 0 Å². The minimum absolute atomic E-state index is 0.839. The summed E-state index contributed by atoms with van der Waals surface area (Å²) in [6, 6.07) is 10.7. The molecule has 0 bridgehead atoms. The van der Waals surface area contributed by atoms with Crippen LogP contribution >= 0.6 is 0 Å². The summed E-state index contributed by atoms with van der Waals surface area (Å²) in [4.78, 5) is 7.26. The lowest BCUT2D eigenvalue weighted by Crippen LogP contribution is -2.15. The molecule has 0 aliphatic heterocycles. The summed E-state index contributed by atoms with van der Waals surface area (Å²) >= 11 is 0. The van der Waals surface area contributed by atoms with Gasteiger partial charge in [-0.05, 0) is 31.4 Å². The Kier molecular flexibility index (Phi) is 5.47. The van der Waals surface area contributed by atoms with E-state index in [4.69, 9.17) is 0 Å². The standard InChI is InChI=1S/C15H21N3/c1-3-7-14(8-4-1)9-5-2-6-10-16-13-15-17-11-12-18-15/h1,3-4,7-8,11-12,16H,2,5-6,9-10,13H2,(H,17,18). The smallest absolute Gasteiger partial charge is 0.120 e. The quantitative estimate of drug-likeness (QED) is 0.700. The number of aromatic amines is 1. The molecule has 0 radical (unpaired) electrons. The van der Waals surface area contributed by atoms with E-state index in [9.17, 15) is 0 Å². The zero-order chi connectivity index (χ0) is 12.5. The molecule has 2 rings (SSSR count). The van der Waals surface area contributed by atoms with Gasteiger partial charge in [0, 0.05) is 12.4 Å². The molecule has 1 heterocycles. The van der Waals surface area contributed by atoms with Crippen LogP contribution in [0.25, 0.3) is 0 Å². The number of imidazole rings is 1. The Morgan fingerprint density at radius 3 is 2.72 bits per heavy atom. The fourth-order valence-corrected chi connectivity index (χ4v) is 2.00. The van der Waals surface area contributed by atoms with Crippen LogP contribution in [0.1, 0.15) is 30.7 Å². The van der Waals surface area contributed by atoms with Gasteiger partial charge in [0.15, 0.2) is 0 Å². The van der Waals surface area contributed by atoms with Crippen molar-refractivity contribution in [3.63, 3.8) is 0 Å². The molecule has 0 amide bonds. The van der Waals surface area contributed by atoms with Gasteiger partial charge in [0.1, 0.15) is 5.82 Å². The highest BCUT2D eigenvalue weighted by atomic mass is 15.0. The maximum atomic E-state index is 4.17. The number of hydrogen-bond donors (Lipinski definition) is 2. The van der Waals surface area contributed by atoms with Crippen LogP contribution in [0.3, 0.4) is 0 Å². The molecule has 0 fully saturated rings. The molecule has 1 aromatic heterocycles. The molecule has 3 heteroatoms. The number of hydrogen-bond acceptors (Lipinski definition) is 2. The maximum Gasteiger partial charge on any atom is 0.120 e. The number of H-pyrrole nitrogens is 1. The van der Waals surface area contributed by atoms with E-state index < -0.39 is 0 Å². The van der Waals surface area contributed by atoms with Gasteiger partial charge in [0.25, 0.3) is 0 Å². The molecule has 18 heavy (non-hydrogen) atoms. The number of benzene rings is 1. The second kappa shape index (κ2) is 7.67. The molecule has 1 aromatic carbocycles. The molecule has 0 unspecified atom stereocenters. The first-order chi connectivity index (χ1) is 8.95. The van der Waals surface area contributed by atoms with Crippen molar-refractivity contribution in [2.75, 3.05) is 6.54 Å². The third kappa shape index (κ3) is 4.72. The Labute approximate surface area is 109 Å². The Morgan fingerprint density at radius 2 is 1.94 bits per heavy atom. The maximum absolute atomic E-state index is 4.17. The van der Waals surface area contributed by atoms with E-state index in [2.05, 4.69) is 45.6 Å². The predicted octanol–water partition coefficient (Wildman–Crippen LogP) is 2.91. The van der Waals surface area contributed by atoms with Crippen LogP contribution in [0.4, 0.5) is 0 Å². The predicted molar refractivity (Wildman–Crippen MR) is 74.3 cm³/mol. The van der Waals surface area contributed by atoms with E-state index in [-0.39, 0.29) is 0 Å². The van der Waals surface area contributed by atoms with Crippen molar-refractivity contribution in [2.45, 2.75) is 32.2 Å². The first-order valence-corrected chi connectivity index (χ1v) is 6.68. The summed E-state index contributed by atoms with van der Waals surface area (Å²) < 4.78 is 0. The van der Waals surface area contributed by atoms with Crippen molar-refractivity contribution in [2.24, 2.45) is 0 Å². The summed E-state index contributed by atoms with van der Waals surface area (Å²) in [6.07, 6.45) is 8.62. The minimum atomic E-state index is 0.839. The fourth-order valence-electron chi connectivity index (χ4n) is 2.00. The molecule has 0 aliphatic carbocycles. The number of nitrogens with zero attached hydrogens (tertiary/aromatic N) is 1. The first-order valence-electron chi connectivity index (χ1n) is 6.68. The highest BCUT2D eigenvalue weighted by Gasteiger charge is 1.95. The average molecular weight is 243 g/mol. The van der Waals surface area contributed by atoms with Crippen LogP contribution in [-0.4, -0.2) is 16.5 Å². The van der Waals surface area contributed by atoms with Crippen LogP contribution in [0.2, 0.25) is 0 Å². The zero-order valence-corrected chi connectivity index (χ0v) is 10.7. The highest BCUT2D eigenvalue weighted by molar-refractivity contribution is 5.14. The monoisotopic (exact) mass is 243 g/mol. The fraction of sp³-hybridized carbons (Fsp3) is 0.400. The van der Waals surface area contributed by atoms with Gasteiger partial charge >= 0.3 is 0 Å². The molecule has 2 N–H and O–H groups in total. The van der Waals surface area contributed by atoms with Gasteiger partial charge in [0.05, 0.1) is 6.54 Å². The highest BCUT2D eigenvalue weighted by Crippen LogP contribution is 2.05. The average Bonchev–Trinajstić information content (AvgIpc) is 2.92. The van der Waals surface area contributed by atoms with E-state index in [1.807, 2.05) is 6.20 Å². The lowest BCUT2D eigenvalue weighted by Gasteiger charge is -2.03. The summed E-state index contributed by atoms with van der Waals surface area (Å²) in [5.74, 6) is 1.01. The van der Waals surface area contributed by atoms with Gasteiger partial charge in [-0.25, -0.2) is 4.98 Å². The van der Waals surface area contributed by atoms with Gasteiger partial charge in [-0.15, -0.1) is 0 Å². The molecular formula is C15H21N3. The second-order valence-corrected chi connectivity index (χ2v) is 4.51. The Bertz CT molecular complexity index is 409. The normalized spacial score (nSPS) is 10.7. The molecular weight excluding hydrogens is 222 g/mol. The third-order valence-electron chi connectivity index (χ3n) is 3.01. The Morgan fingerprint density at radius 1 is 1.06 bits per heavy atom. The van der Waals surface area contributed by atoms with Crippen molar-refractivity contribution in [3.05, 3.63) is 54.1 Å². The van der Waals surface area contributed by atoms with Crippen LogP contribution < -0.4 is 5.32 Å². The summed E-state index contributed by atoms with van der Waals surface area (Å²) in [6.45, 7) is 1.90. The number of nitrogens with one attached hydrogen (secondary N) is 2. The van der Waals surface area contributed by atoms with Crippen LogP contribution in [-0.2, 0) is 13.0 Å². The zero-order valence-electron chi connectivity index (χ0n) is 10.7. The number of unbranched alkanes of at least 4 members (excludes halogenated alkanes) is 2. The van der Waals surface area contributed by atoms with Crippen LogP contribution in [0, 0.1) is 0 Å². The summed E-state index contributed by atoms with van der Waals surface area (Å²) in [5.41, 5.74) is 1.45. The lowest BCUT2D eigenvalue weighted by molar-refractivity contribution is 0.593. The molecule has 3 nitrogen and oxygen atoms in total. The molecule has 0 aliphatic rings. The molecule has 0 atom stereocenters. The molecule has 0 spiro atoms. The van der Waals surface area contributed by atoms with Crippen molar-refractivity contribution in [3.8, 4) is 0 Å². The second-order valence-electron chi connectivity index (χ2n) is 4.51. The van der Waals surface area contributed by atoms with Gasteiger partial charge < -0.3 is 10.3 Å². The Hall–Kier alpha value is -1.61. The first kappa shape index (κ1) is 12.8. The SMILES string of the molecule is c1ccc(CCCCCNCc2ncc[nH]2)cc1. The van der Waals surface area contributed by atoms with Crippen molar-refractivity contribution >= 4 is 0 Å². The van der Waals surface area contributed by atoms with E-state index in [0.717, 1.165) is 18.9 Å². The number of aromatic nitrogens is 2. The summed E-state index contributed by atoms with van der Waals surface area (Å²) in [5, 5.41) is 3.39. The van der Waals surface area contributed by atoms with E-state index in [1.54, 1.807) is 6.20 Å². The lowest BCUT2D eigenvalue weighted by atomic mass is 10.1. The van der Waals surface area contributed by atoms with Gasteiger partial charge in [-0.1, -0.05) is 36.8 Å². The topological polar surface area (TPSA) is 40.7 Å². The Balaban J connectivity index is 1.47. The molecule has 96 valence electrons. The number of aryl methyl sites for hydroxylation is 1. The van der Waals surface area contributed by atoms with Crippen molar-refractivity contribution in [1.29, 1.82) is 0 Å². The molecule has 2 aromatic rings. The van der Waals surface area contributed by atoms with Crippen LogP contribution in [0.5, 0.6) is 0 Å². The van der Waals surface area contributed by atoms with Crippen LogP contribution in [0.15, 0.2) is 42.7 Å².